The number of aliphatic hydroxyl groups is 2. The number of halogens is 1. The first-order valence-corrected chi connectivity index (χ1v) is 12.5. The van der Waals surface area contributed by atoms with Gasteiger partial charge in [-0.1, -0.05) is 30.7 Å². The Morgan fingerprint density at radius 1 is 1.09 bits per heavy atom. The third kappa shape index (κ3) is 4.54. The summed E-state index contributed by atoms with van der Waals surface area (Å²) in [5.74, 6) is 1.44. The van der Waals surface area contributed by atoms with Gasteiger partial charge < -0.3 is 29.2 Å². The van der Waals surface area contributed by atoms with Crippen molar-refractivity contribution in [3.05, 3.63) is 52.0 Å². The average molecular weight is 481 g/mol. The molecule has 6 nitrogen and oxygen atoms in total. The summed E-state index contributed by atoms with van der Waals surface area (Å²) in [6.07, 6.45) is 0.117. The molecule has 0 unspecified atom stereocenters. The van der Waals surface area contributed by atoms with Gasteiger partial charge in [-0.2, -0.15) is 0 Å². The van der Waals surface area contributed by atoms with Crippen molar-refractivity contribution < 1.29 is 29.2 Å². The third-order valence-corrected chi connectivity index (χ3v) is 7.24. The highest BCUT2D eigenvalue weighted by molar-refractivity contribution is 7.99. The number of hydrogen-bond acceptors (Lipinski definition) is 7. The normalized spacial score (nSPS) is 27.2. The Balaban J connectivity index is 1.72. The lowest BCUT2D eigenvalue weighted by Crippen LogP contribution is -2.48. The second kappa shape index (κ2) is 10.1. The van der Waals surface area contributed by atoms with Gasteiger partial charge in [0.05, 0.1) is 23.8 Å². The van der Waals surface area contributed by atoms with Crippen molar-refractivity contribution in [2.45, 2.75) is 44.0 Å². The van der Waals surface area contributed by atoms with Crippen molar-refractivity contribution in [1.82, 2.24) is 0 Å². The van der Waals surface area contributed by atoms with E-state index in [-0.39, 0.29) is 5.92 Å². The molecule has 0 saturated carbocycles. The van der Waals surface area contributed by atoms with Crippen LogP contribution in [0.5, 0.6) is 17.2 Å². The Kier molecular flexibility index (Phi) is 7.42. The second-order valence-corrected chi connectivity index (χ2v) is 9.36. The largest absolute Gasteiger partial charge is 0.494 e. The Labute approximate surface area is 197 Å². The lowest BCUT2D eigenvalue weighted by atomic mass is 9.86. The van der Waals surface area contributed by atoms with Crippen molar-refractivity contribution in [2.75, 3.05) is 26.1 Å². The van der Waals surface area contributed by atoms with E-state index in [0.717, 1.165) is 16.9 Å². The topological polar surface area (TPSA) is 77.4 Å². The lowest BCUT2D eigenvalue weighted by Gasteiger charge is -2.42. The first kappa shape index (κ1) is 23.5. The maximum absolute atomic E-state index is 11.0. The van der Waals surface area contributed by atoms with E-state index in [4.69, 9.17) is 30.5 Å². The zero-order chi connectivity index (χ0) is 22.8. The van der Waals surface area contributed by atoms with Crippen LogP contribution in [-0.4, -0.2) is 53.9 Å². The maximum atomic E-state index is 11.0. The number of benzene rings is 2. The van der Waals surface area contributed by atoms with Crippen LogP contribution in [0.3, 0.4) is 0 Å². The quantitative estimate of drug-likeness (QED) is 0.641. The molecule has 2 aromatic carbocycles. The van der Waals surface area contributed by atoms with Crippen molar-refractivity contribution in [1.29, 1.82) is 0 Å². The molecular weight excluding hydrogens is 452 g/mol. The van der Waals surface area contributed by atoms with Gasteiger partial charge in [0.25, 0.3) is 0 Å². The van der Waals surface area contributed by atoms with E-state index >= 15 is 0 Å². The molecule has 1 fully saturated rings. The monoisotopic (exact) mass is 480 g/mol. The first-order chi connectivity index (χ1) is 15.4. The zero-order valence-corrected chi connectivity index (χ0v) is 20.0. The minimum absolute atomic E-state index is 0.364. The molecule has 4 rings (SSSR count). The highest BCUT2D eigenvalue weighted by Gasteiger charge is 2.44. The summed E-state index contributed by atoms with van der Waals surface area (Å²) in [7, 11) is 0. The summed E-state index contributed by atoms with van der Waals surface area (Å²) < 4.78 is 23.5. The van der Waals surface area contributed by atoms with Crippen LogP contribution in [0, 0.1) is 5.92 Å². The van der Waals surface area contributed by atoms with Gasteiger partial charge in [0.1, 0.15) is 30.5 Å². The molecule has 2 N–H and O–H groups in total. The van der Waals surface area contributed by atoms with Crippen molar-refractivity contribution in [3.8, 4) is 17.2 Å². The fraction of sp³-hybridized carbons (Fsp3) is 0.500. The van der Waals surface area contributed by atoms with E-state index in [0.29, 0.717) is 48.3 Å². The molecule has 2 aromatic rings. The summed E-state index contributed by atoms with van der Waals surface area (Å²) in [4.78, 5) is 0. The Bertz CT molecular complexity index is 935. The second-order valence-electron chi connectivity index (χ2n) is 8.05. The summed E-state index contributed by atoms with van der Waals surface area (Å²) in [6.45, 7) is 5.18. The minimum Gasteiger partial charge on any atom is -0.494 e. The van der Waals surface area contributed by atoms with Gasteiger partial charge in [-0.05, 0) is 48.9 Å². The van der Waals surface area contributed by atoms with Crippen LogP contribution in [0.15, 0.2) is 30.3 Å². The number of aliphatic hydroxyl groups excluding tert-OH is 2. The molecule has 174 valence electrons. The van der Waals surface area contributed by atoms with Crippen LogP contribution in [0.1, 0.15) is 36.6 Å². The van der Waals surface area contributed by atoms with Crippen molar-refractivity contribution in [3.63, 3.8) is 0 Å². The summed E-state index contributed by atoms with van der Waals surface area (Å²) >= 11 is 8.15. The summed E-state index contributed by atoms with van der Waals surface area (Å²) in [5.41, 5.74) is 2.15. The molecular formula is C24H29ClO6S. The number of hydrogen-bond donors (Lipinski definition) is 2. The molecule has 0 radical (unpaired) electrons. The average Bonchev–Trinajstić information content (AvgIpc) is 2.81. The van der Waals surface area contributed by atoms with E-state index in [2.05, 4.69) is 0 Å². The predicted molar refractivity (Wildman–Crippen MR) is 125 cm³/mol. The van der Waals surface area contributed by atoms with Gasteiger partial charge in [-0.25, -0.2) is 0 Å². The molecule has 0 bridgehead atoms. The van der Waals surface area contributed by atoms with E-state index in [1.807, 2.05) is 50.4 Å². The van der Waals surface area contributed by atoms with Crippen LogP contribution >= 0.6 is 23.4 Å². The van der Waals surface area contributed by atoms with Crippen LogP contribution in [0.4, 0.5) is 0 Å². The third-order valence-electron chi connectivity index (χ3n) is 5.97. The van der Waals surface area contributed by atoms with Gasteiger partial charge in [0, 0.05) is 11.5 Å². The standard InChI is InChI=1S/C24H29ClO6S/c1-4-28-16-7-5-14(6-8-16)11-15-12-17(22-23(18(15)25)30-10-9-29-22)21-19(26)13(2)20(27)24(31-21)32-3/h5-8,12-13,19-21,24,26-27H,4,9-11H2,1-3H3/t13-,19-,20+,21+,24-/m1/s1. The number of thioether (sulfide) groups is 1. The Hall–Kier alpha value is -1.64. The van der Waals surface area contributed by atoms with Gasteiger partial charge in [-0.3, -0.25) is 0 Å². The van der Waals surface area contributed by atoms with Crippen molar-refractivity contribution in [2.24, 2.45) is 5.92 Å². The Morgan fingerprint density at radius 2 is 1.78 bits per heavy atom. The molecule has 2 heterocycles. The molecule has 0 aliphatic carbocycles. The zero-order valence-electron chi connectivity index (χ0n) is 18.4. The van der Waals surface area contributed by atoms with E-state index in [1.165, 1.54) is 11.8 Å². The van der Waals surface area contributed by atoms with Crippen LogP contribution in [0.2, 0.25) is 5.02 Å². The van der Waals surface area contributed by atoms with E-state index in [9.17, 15) is 10.2 Å². The molecule has 2 aliphatic heterocycles. The SMILES string of the molecule is CCOc1ccc(Cc2cc([C@@H]3O[C@H](SC)[C@@H](O)[C@H](C)[C@H]3O)c3c(c2Cl)OCCO3)cc1. The molecule has 0 amide bonds. The number of ether oxygens (including phenoxy) is 4. The molecule has 32 heavy (non-hydrogen) atoms. The molecule has 0 spiro atoms. The Morgan fingerprint density at radius 3 is 2.44 bits per heavy atom. The smallest absolute Gasteiger partial charge is 0.180 e. The summed E-state index contributed by atoms with van der Waals surface area (Å²) in [6, 6.07) is 9.82. The molecule has 5 atom stereocenters. The van der Waals surface area contributed by atoms with Gasteiger partial charge >= 0.3 is 0 Å². The molecule has 0 aromatic heterocycles. The van der Waals surface area contributed by atoms with Gasteiger partial charge in [-0.15, -0.1) is 11.8 Å². The molecule has 1 saturated heterocycles. The highest BCUT2D eigenvalue weighted by Crippen LogP contribution is 2.49. The van der Waals surface area contributed by atoms with Crippen molar-refractivity contribution >= 4 is 23.4 Å². The molecule has 8 heteroatoms. The van der Waals surface area contributed by atoms with Crippen LogP contribution in [-0.2, 0) is 11.2 Å². The molecule has 2 aliphatic rings. The van der Waals surface area contributed by atoms with Crippen LogP contribution in [0.25, 0.3) is 0 Å². The number of fused-ring (bicyclic) bond motifs is 1. The predicted octanol–water partition coefficient (Wildman–Crippen LogP) is 4.22. The maximum Gasteiger partial charge on any atom is 0.180 e. The van der Waals surface area contributed by atoms with E-state index in [1.54, 1.807) is 0 Å². The fourth-order valence-electron chi connectivity index (χ4n) is 4.17. The fourth-order valence-corrected chi connectivity index (χ4v) is 5.19. The van der Waals surface area contributed by atoms with E-state index < -0.39 is 23.7 Å². The summed E-state index contributed by atoms with van der Waals surface area (Å²) in [5, 5.41) is 21.9. The lowest BCUT2D eigenvalue weighted by molar-refractivity contribution is -0.170. The first-order valence-electron chi connectivity index (χ1n) is 10.8. The minimum atomic E-state index is -0.900. The van der Waals surface area contributed by atoms with Gasteiger partial charge in [0.2, 0.25) is 0 Å². The van der Waals surface area contributed by atoms with Crippen LogP contribution < -0.4 is 14.2 Å². The van der Waals surface area contributed by atoms with Gasteiger partial charge in [0.15, 0.2) is 11.5 Å². The highest BCUT2D eigenvalue weighted by atomic mass is 35.5. The number of rotatable bonds is 6.